The Hall–Kier alpha value is -3.26. The summed E-state index contributed by atoms with van der Waals surface area (Å²) in [4.78, 5) is 30.9. The molecule has 8 heteroatoms. The lowest BCUT2D eigenvalue weighted by Gasteiger charge is -2.10. The summed E-state index contributed by atoms with van der Waals surface area (Å²) in [7, 11) is 0. The zero-order chi connectivity index (χ0) is 19.4. The number of carboxylic acid groups (broad SMARTS) is 1. The van der Waals surface area contributed by atoms with Gasteiger partial charge < -0.3 is 5.11 Å². The van der Waals surface area contributed by atoms with Gasteiger partial charge in [0.25, 0.3) is 5.69 Å². The third kappa shape index (κ3) is 4.29. The second kappa shape index (κ2) is 7.96. The van der Waals surface area contributed by atoms with Crippen molar-refractivity contribution < 1.29 is 14.8 Å². The Morgan fingerprint density at radius 1 is 1.15 bits per heavy atom. The molecule has 0 fully saturated rings. The Morgan fingerprint density at radius 2 is 1.89 bits per heavy atom. The van der Waals surface area contributed by atoms with Crippen LogP contribution in [0.5, 0.6) is 0 Å². The molecule has 0 unspecified atom stereocenters. The molecule has 0 bridgehead atoms. The van der Waals surface area contributed by atoms with Crippen LogP contribution in [0, 0.1) is 17.0 Å². The van der Waals surface area contributed by atoms with Crippen molar-refractivity contribution in [3.63, 3.8) is 0 Å². The lowest BCUT2D eigenvalue weighted by molar-refractivity contribution is -0.384. The number of carboxylic acids is 1. The lowest BCUT2D eigenvalue weighted by atomic mass is 10.0. The maximum absolute atomic E-state index is 11.7. The predicted molar refractivity (Wildman–Crippen MR) is 102 cm³/mol. The molecule has 0 spiro atoms. The van der Waals surface area contributed by atoms with E-state index in [0.717, 1.165) is 5.56 Å². The summed E-state index contributed by atoms with van der Waals surface area (Å²) in [5, 5.41) is 21.0. The van der Waals surface area contributed by atoms with Gasteiger partial charge in [-0.25, -0.2) is 14.8 Å². The Kier molecular flexibility index (Phi) is 5.46. The fourth-order valence-electron chi connectivity index (χ4n) is 2.57. The van der Waals surface area contributed by atoms with E-state index in [-0.39, 0.29) is 16.9 Å². The van der Waals surface area contributed by atoms with E-state index in [1.165, 1.54) is 30.0 Å². The molecule has 136 valence electrons. The largest absolute Gasteiger partial charge is 0.478 e. The molecule has 0 aliphatic carbocycles. The van der Waals surface area contributed by atoms with Crippen LogP contribution in [0.4, 0.5) is 5.69 Å². The molecule has 3 aromatic rings. The smallest absolute Gasteiger partial charge is 0.339 e. The summed E-state index contributed by atoms with van der Waals surface area (Å²) < 4.78 is 0. The lowest BCUT2D eigenvalue weighted by Crippen LogP contribution is -2.08. The van der Waals surface area contributed by atoms with Crippen LogP contribution < -0.4 is 0 Å². The topological polar surface area (TPSA) is 106 Å². The van der Waals surface area contributed by atoms with Crippen molar-refractivity contribution in [3.8, 4) is 11.3 Å². The Labute approximate surface area is 159 Å². The number of hydrogen-bond acceptors (Lipinski definition) is 6. The standard InChI is InChI=1S/C19H15N3O4S/c1-12-16(18(23)24)17(14-8-5-9-15(10-14)22(25)26)21-19(20-12)27-11-13-6-3-2-4-7-13/h2-10H,11H2,1H3,(H,23,24). The Balaban J connectivity index is 2.03. The Bertz CT molecular complexity index is 1010. The zero-order valence-corrected chi connectivity index (χ0v) is 15.1. The van der Waals surface area contributed by atoms with Crippen LogP contribution in [0.2, 0.25) is 0 Å². The average Bonchev–Trinajstić information content (AvgIpc) is 2.66. The fourth-order valence-corrected chi connectivity index (χ4v) is 3.41. The molecule has 0 amide bonds. The van der Waals surface area contributed by atoms with E-state index in [9.17, 15) is 20.0 Å². The number of aromatic nitrogens is 2. The van der Waals surface area contributed by atoms with Crippen LogP contribution in [0.15, 0.2) is 59.8 Å². The quantitative estimate of drug-likeness (QED) is 0.293. The van der Waals surface area contributed by atoms with Gasteiger partial charge in [-0.1, -0.05) is 54.2 Å². The number of non-ortho nitro benzene ring substituents is 1. The van der Waals surface area contributed by atoms with Crippen molar-refractivity contribution >= 4 is 23.4 Å². The Morgan fingerprint density at radius 3 is 2.56 bits per heavy atom. The number of carbonyl (C=O) groups is 1. The molecule has 0 radical (unpaired) electrons. The van der Waals surface area contributed by atoms with Crippen LogP contribution in [0.25, 0.3) is 11.3 Å². The highest BCUT2D eigenvalue weighted by Gasteiger charge is 2.21. The van der Waals surface area contributed by atoms with E-state index in [1.807, 2.05) is 30.3 Å². The molecule has 7 nitrogen and oxygen atoms in total. The highest BCUT2D eigenvalue weighted by molar-refractivity contribution is 7.98. The van der Waals surface area contributed by atoms with Gasteiger partial charge in [-0.05, 0) is 12.5 Å². The van der Waals surface area contributed by atoms with Crippen molar-refractivity contribution in [3.05, 3.63) is 81.5 Å². The van der Waals surface area contributed by atoms with E-state index >= 15 is 0 Å². The van der Waals surface area contributed by atoms with Crippen LogP contribution >= 0.6 is 11.8 Å². The zero-order valence-electron chi connectivity index (χ0n) is 14.3. The number of thioether (sulfide) groups is 1. The first-order valence-electron chi connectivity index (χ1n) is 7.99. The number of aryl methyl sites for hydroxylation is 1. The molecule has 1 aromatic heterocycles. The van der Waals surface area contributed by atoms with Crippen molar-refractivity contribution in [2.75, 3.05) is 0 Å². The highest BCUT2D eigenvalue weighted by Crippen LogP contribution is 2.30. The molecule has 0 atom stereocenters. The molecule has 1 heterocycles. The molecule has 1 N–H and O–H groups in total. The van der Waals surface area contributed by atoms with Crippen molar-refractivity contribution in [2.24, 2.45) is 0 Å². The molecule has 27 heavy (non-hydrogen) atoms. The van der Waals surface area contributed by atoms with Crippen molar-refractivity contribution in [1.29, 1.82) is 0 Å². The van der Waals surface area contributed by atoms with Gasteiger partial charge in [0.15, 0.2) is 5.16 Å². The van der Waals surface area contributed by atoms with Crippen LogP contribution in [-0.4, -0.2) is 26.0 Å². The fraction of sp³-hybridized carbons (Fsp3) is 0.105. The monoisotopic (exact) mass is 381 g/mol. The third-order valence-corrected chi connectivity index (χ3v) is 4.74. The minimum Gasteiger partial charge on any atom is -0.478 e. The molecule has 0 aliphatic heterocycles. The molecule has 2 aromatic carbocycles. The first-order valence-corrected chi connectivity index (χ1v) is 8.97. The third-order valence-electron chi connectivity index (χ3n) is 3.82. The van der Waals surface area contributed by atoms with Crippen molar-refractivity contribution in [1.82, 2.24) is 9.97 Å². The van der Waals surface area contributed by atoms with Crippen LogP contribution in [-0.2, 0) is 5.75 Å². The van der Waals surface area contributed by atoms with Crippen LogP contribution in [0.3, 0.4) is 0 Å². The summed E-state index contributed by atoms with van der Waals surface area (Å²) in [5.41, 5.74) is 1.76. The second-order valence-electron chi connectivity index (χ2n) is 5.70. The van der Waals surface area contributed by atoms with Gasteiger partial charge in [0.05, 0.1) is 16.3 Å². The minimum absolute atomic E-state index is 0.0560. The van der Waals surface area contributed by atoms with Gasteiger partial charge in [-0.15, -0.1) is 0 Å². The van der Waals surface area contributed by atoms with Gasteiger partial charge in [0.1, 0.15) is 5.56 Å². The molecule has 0 saturated carbocycles. The normalized spacial score (nSPS) is 10.6. The summed E-state index contributed by atoms with van der Waals surface area (Å²) >= 11 is 1.38. The van der Waals surface area contributed by atoms with E-state index < -0.39 is 10.9 Å². The minimum atomic E-state index is -1.17. The van der Waals surface area contributed by atoms with Gasteiger partial charge in [0.2, 0.25) is 0 Å². The maximum atomic E-state index is 11.7. The number of benzene rings is 2. The van der Waals surface area contributed by atoms with Gasteiger partial charge in [-0.2, -0.15) is 0 Å². The molecule has 0 saturated heterocycles. The molecule has 0 aliphatic rings. The molecular formula is C19H15N3O4S. The SMILES string of the molecule is Cc1nc(SCc2ccccc2)nc(-c2cccc([N+](=O)[O-])c2)c1C(=O)O. The number of aromatic carboxylic acids is 1. The van der Waals surface area contributed by atoms with Crippen molar-refractivity contribution in [2.45, 2.75) is 17.8 Å². The summed E-state index contributed by atoms with van der Waals surface area (Å²) in [6.07, 6.45) is 0. The highest BCUT2D eigenvalue weighted by atomic mass is 32.2. The van der Waals surface area contributed by atoms with E-state index in [2.05, 4.69) is 9.97 Å². The molecule has 3 rings (SSSR count). The molecular weight excluding hydrogens is 366 g/mol. The van der Waals surface area contributed by atoms with E-state index in [0.29, 0.717) is 22.2 Å². The summed E-state index contributed by atoms with van der Waals surface area (Å²) in [5.74, 6) is -0.547. The number of rotatable bonds is 6. The second-order valence-corrected chi connectivity index (χ2v) is 6.64. The van der Waals surface area contributed by atoms with Gasteiger partial charge >= 0.3 is 5.97 Å². The predicted octanol–water partition coefficient (Wildman–Crippen LogP) is 4.35. The number of nitro groups is 1. The summed E-state index contributed by atoms with van der Waals surface area (Å²) in [6.45, 7) is 1.60. The first kappa shape index (κ1) is 18.5. The number of nitro benzene ring substituents is 1. The summed E-state index contributed by atoms with van der Waals surface area (Å²) in [6, 6.07) is 15.5. The van der Waals surface area contributed by atoms with Gasteiger partial charge in [-0.3, -0.25) is 10.1 Å². The number of hydrogen-bond donors (Lipinski definition) is 1. The van der Waals surface area contributed by atoms with E-state index in [4.69, 9.17) is 0 Å². The van der Waals surface area contributed by atoms with Crippen LogP contribution in [0.1, 0.15) is 21.6 Å². The number of nitrogens with zero attached hydrogens (tertiary/aromatic N) is 3. The first-order chi connectivity index (χ1) is 13.0. The average molecular weight is 381 g/mol. The maximum Gasteiger partial charge on any atom is 0.339 e. The van der Waals surface area contributed by atoms with E-state index in [1.54, 1.807) is 13.0 Å². The van der Waals surface area contributed by atoms with Gasteiger partial charge in [0, 0.05) is 23.4 Å².